The molecule has 1 aromatic heterocycles. The third-order valence-corrected chi connectivity index (χ3v) is 6.48. The van der Waals surface area contributed by atoms with Gasteiger partial charge in [0, 0.05) is 31.6 Å². The van der Waals surface area contributed by atoms with Gasteiger partial charge in [-0.1, -0.05) is 31.3 Å². The first-order valence-corrected chi connectivity index (χ1v) is 9.48. The lowest BCUT2D eigenvalue weighted by Gasteiger charge is -2.37. The minimum Gasteiger partial charge on any atom is -0.381 e. The molecule has 1 unspecified atom stereocenters. The van der Waals surface area contributed by atoms with E-state index in [1.165, 1.54) is 32.1 Å². The van der Waals surface area contributed by atoms with Crippen LogP contribution in [-0.4, -0.2) is 24.3 Å². The fourth-order valence-corrected chi connectivity index (χ4v) is 4.31. The number of hydrogen-bond donors (Lipinski definition) is 1. The number of ether oxygens (including phenoxy) is 1. The van der Waals surface area contributed by atoms with Gasteiger partial charge in [-0.25, -0.2) is 0 Å². The van der Waals surface area contributed by atoms with E-state index in [1.807, 2.05) is 6.07 Å². The van der Waals surface area contributed by atoms with Crippen LogP contribution in [0.25, 0.3) is 0 Å². The van der Waals surface area contributed by atoms with Gasteiger partial charge in [-0.05, 0) is 42.9 Å². The number of rotatable bonds is 6. The van der Waals surface area contributed by atoms with Gasteiger partial charge in [-0.3, -0.25) is 4.79 Å². The second-order valence-electron chi connectivity index (χ2n) is 8.20. The number of aromatic nitrogens is 1. The molecule has 5 heteroatoms. The van der Waals surface area contributed by atoms with Crippen LogP contribution in [-0.2, 0) is 9.53 Å². The molecule has 4 rings (SSSR count). The molecule has 1 aliphatic heterocycles. The highest BCUT2D eigenvalue weighted by Crippen LogP contribution is 2.58. The van der Waals surface area contributed by atoms with E-state index in [4.69, 9.17) is 9.26 Å². The molecule has 3 fully saturated rings. The van der Waals surface area contributed by atoms with Gasteiger partial charge in [0.1, 0.15) is 5.76 Å². The topological polar surface area (TPSA) is 64.4 Å². The lowest BCUT2D eigenvalue weighted by atomic mass is 9.68. The molecule has 0 aromatic carbocycles. The molecule has 0 bridgehead atoms. The molecular formula is C19H28N2O3. The van der Waals surface area contributed by atoms with Gasteiger partial charge in [0.05, 0.1) is 0 Å². The summed E-state index contributed by atoms with van der Waals surface area (Å²) in [5.74, 6) is 3.18. The van der Waals surface area contributed by atoms with E-state index in [0.29, 0.717) is 29.5 Å². The van der Waals surface area contributed by atoms with Gasteiger partial charge < -0.3 is 14.6 Å². The Morgan fingerprint density at radius 1 is 1.33 bits per heavy atom. The summed E-state index contributed by atoms with van der Waals surface area (Å²) >= 11 is 0. The summed E-state index contributed by atoms with van der Waals surface area (Å²) in [5, 5.41) is 7.01. The zero-order chi connectivity index (χ0) is 16.6. The number of carbonyl (C=O) groups excluding carboxylic acids is 1. The maximum Gasteiger partial charge on any atom is 0.225 e. The number of nitrogens with zero attached hydrogens (tertiary/aromatic N) is 1. The molecule has 2 saturated carbocycles. The smallest absolute Gasteiger partial charge is 0.225 e. The minimum absolute atomic E-state index is 0.0897. The SMILES string of the molecule is CC1(C(CC(=O)Nc2cc(C3CCOCC3)on2)C2CCC2)CC1. The van der Waals surface area contributed by atoms with E-state index in [-0.39, 0.29) is 5.91 Å². The second kappa shape index (κ2) is 6.51. The molecule has 2 aliphatic carbocycles. The number of amides is 1. The van der Waals surface area contributed by atoms with Crippen molar-refractivity contribution in [3.8, 4) is 0 Å². The Kier molecular flexibility index (Phi) is 4.37. The van der Waals surface area contributed by atoms with Crippen molar-refractivity contribution in [1.82, 2.24) is 5.16 Å². The van der Waals surface area contributed by atoms with Gasteiger partial charge in [0.15, 0.2) is 5.82 Å². The fraction of sp³-hybridized carbons (Fsp3) is 0.789. The Labute approximate surface area is 143 Å². The van der Waals surface area contributed by atoms with Crippen LogP contribution < -0.4 is 5.32 Å². The summed E-state index contributed by atoms with van der Waals surface area (Å²) in [6, 6.07) is 1.89. The molecule has 5 nitrogen and oxygen atoms in total. The van der Waals surface area contributed by atoms with E-state index >= 15 is 0 Å². The molecule has 2 heterocycles. The highest BCUT2D eigenvalue weighted by molar-refractivity contribution is 5.90. The third kappa shape index (κ3) is 3.37. The first kappa shape index (κ1) is 16.1. The van der Waals surface area contributed by atoms with Gasteiger partial charge in [-0.2, -0.15) is 0 Å². The lowest BCUT2D eigenvalue weighted by Crippen LogP contribution is -2.32. The summed E-state index contributed by atoms with van der Waals surface area (Å²) in [6.07, 6.45) is 9.03. The van der Waals surface area contributed by atoms with Crippen LogP contribution in [0.4, 0.5) is 5.82 Å². The Bertz CT molecular complexity index is 583. The maximum atomic E-state index is 12.5. The number of anilines is 1. The van der Waals surface area contributed by atoms with Crippen molar-refractivity contribution < 1.29 is 14.1 Å². The quantitative estimate of drug-likeness (QED) is 0.851. The Morgan fingerprint density at radius 2 is 2.08 bits per heavy atom. The molecule has 1 aromatic rings. The fourth-order valence-electron chi connectivity index (χ4n) is 4.31. The summed E-state index contributed by atoms with van der Waals surface area (Å²) in [7, 11) is 0. The number of carbonyl (C=O) groups is 1. The summed E-state index contributed by atoms with van der Waals surface area (Å²) in [6.45, 7) is 3.89. The van der Waals surface area contributed by atoms with Crippen molar-refractivity contribution in [2.24, 2.45) is 17.3 Å². The van der Waals surface area contributed by atoms with Crippen molar-refractivity contribution in [1.29, 1.82) is 0 Å². The van der Waals surface area contributed by atoms with Gasteiger partial charge in [-0.15, -0.1) is 0 Å². The Morgan fingerprint density at radius 3 is 2.71 bits per heavy atom. The average Bonchev–Trinajstić information content (AvgIpc) is 3.11. The average molecular weight is 332 g/mol. The van der Waals surface area contributed by atoms with Crippen LogP contribution in [0.1, 0.15) is 70.0 Å². The summed E-state index contributed by atoms with van der Waals surface area (Å²) in [4.78, 5) is 12.5. The molecule has 24 heavy (non-hydrogen) atoms. The van der Waals surface area contributed by atoms with Gasteiger partial charge >= 0.3 is 0 Å². The highest BCUT2D eigenvalue weighted by Gasteiger charge is 2.49. The summed E-state index contributed by atoms with van der Waals surface area (Å²) < 4.78 is 10.8. The van der Waals surface area contributed by atoms with E-state index in [2.05, 4.69) is 17.4 Å². The zero-order valence-electron chi connectivity index (χ0n) is 14.6. The van der Waals surface area contributed by atoms with Crippen molar-refractivity contribution in [2.45, 2.75) is 64.2 Å². The Balaban J connectivity index is 1.34. The molecule has 3 aliphatic rings. The normalized spacial score (nSPS) is 25.0. The predicted molar refractivity (Wildman–Crippen MR) is 90.7 cm³/mol. The lowest BCUT2D eigenvalue weighted by molar-refractivity contribution is -0.118. The molecular weight excluding hydrogens is 304 g/mol. The maximum absolute atomic E-state index is 12.5. The number of hydrogen-bond acceptors (Lipinski definition) is 4. The summed E-state index contributed by atoms with van der Waals surface area (Å²) in [5.41, 5.74) is 0.402. The van der Waals surface area contributed by atoms with Crippen LogP contribution >= 0.6 is 0 Å². The highest BCUT2D eigenvalue weighted by atomic mass is 16.5. The zero-order valence-corrected chi connectivity index (χ0v) is 14.6. The van der Waals surface area contributed by atoms with Crippen molar-refractivity contribution >= 4 is 11.7 Å². The minimum atomic E-state index is 0.0897. The van der Waals surface area contributed by atoms with E-state index in [1.54, 1.807) is 0 Å². The van der Waals surface area contributed by atoms with Crippen LogP contribution in [0.2, 0.25) is 0 Å². The van der Waals surface area contributed by atoms with E-state index < -0.39 is 0 Å². The molecule has 1 N–H and O–H groups in total. The predicted octanol–water partition coefficient (Wildman–Crippen LogP) is 4.11. The molecule has 0 radical (unpaired) electrons. The number of nitrogens with one attached hydrogen (secondary N) is 1. The van der Waals surface area contributed by atoms with Crippen LogP contribution in [0, 0.1) is 17.3 Å². The monoisotopic (exact) mass is 332 g/mol. The van der Waals surface area contributed by atoms with E-state index in [9.17, 15) is 4.79 Å². The molecule has 1 saturated heterocycles. The van der Waals surface area contributed by atoms with Crippen molar-refractivity contribution in [2.75, 3.05) is 18.5 Å². The molecule has 0 spiro atoms. The molecule has 1 amide bonds. The van der Waals surface area contributed by atoms with Gasteiger partial charge in [0.2, 0.25) is 5.91 Å². The standard InChI is InChI=1S/C19H28N2O3/c1-19(7-8-19)15(13-3-2-4-13)11-18(22)20-17-12-16(24-21-17)14-5-9-23-10-6-14/h12-15H,2-11H2,1H3,(H,20,21,22). The van der Waals surface area contributed by atoms with Crippen LogP contribution in [0.5, 0.6) is 0 Å². The first-order chi connectivity index (χ1) is 11.6. The first-order valence-electron chi connectivity index (χ1n) is 9.48. The van der Waals surface area contributed by atoms with Crippen LogP contribution in [0.3, 0.4) is 0 Å². The van der Waals surface area contributed by atoms with Crippen LogP contribution in [0.15, 0.2) is 10.6 Å². The third-order valence-electron chi connectivity index (χ3n) is 6.48. The molecule has 1 atom stereocenters. The van der Waals surface area contributed by atoms with Crippen molar-refractivity contribution in [3.05, 3.63) is 11.8 Å². The molecule has 132 valence electrons. The second-order valence-corrected chi connectivity index (χ2v) is 8.20. The van der Waals surface area contributed by atoms with Gasteiger partial charge in [0.25, 0.3) is 0 Å². The van der Waals surface area contributed by atoms with Crippen molar-refractivity contribution in [3.63, 3.8) is 0 Å². The van der Waals surface area contributed by atoms with E-state index in [0.717, 1.165) is 37.7 Å². The largest absolute Gasteiger partial charge is 0.381 e. The Hall–Kier alpha value is -1.36.